The van der Waals surface area contributed by atoms with Gasteiger partial charge in [-0.3, -0.25) is 0 Å². The lowest BCUT2D eigenvalue weighted by Crippen LogP contribution is -2.42. The topological polar surface area (TPSA) is 50.8 Å². The van der Waals surface area contributed by atoms with Crippen molar-refractivity contribution in [2.75, 3.05) is 32.8 Å². The maximum atomic E-state index is 12.1. The first-order valence-electron chi connectivity index (χ1n) is 8.33. The third-order valence-electron chi connectivity index (χ3n) is 3.26. The van der Waals surface area contributed by atoms with Crippen LogP contribution in [0.4, 0.5) is 4.79 Å². The lowest BCUT2D eigenvalue weighted by atomic mass is 10.3. The number of nitrogens with zero attached hydrogens (tertiary/aromatic N) is 1. The molecule has 1 N–H and O–H groups in total. The molecule has 21 heavy (non-hydrogen) atoms. The van der Waals surface area contributed by atoms with Gasteiger partial charge in [0.25, 0.3) is 0 Å². The molecule has 0 aromatic heterocycles. The molecule has 0 spiro atoms. The Kier molecular flexibility index (Phi) is 11.7. The molecule has 0 aromatic carbocycles. The minimum Gasteiger partial charge on any atom is -0.395 e. The first kappa shape index (κ1) is 20.4. The minimum absolute atomic E-state index is 0.0508. The minimum atomic E-state index is -2.04. The maximum Gasteiger partial charge on any atom is 0.334 e. The number of carbonyl (C=O) groups is 1. The van der Waals surface area contributed by atoms with E-state index in [2.05, 4.69) is 25.7 Å². The summed E-state index contributed by atoms with van der Waals surface area (Å²) in [6.07, 6.45) is 2.89. The highest BCUT2D eigenvalue weighted by Crippen LogP contribution is 2.15. The van der Waals surface area contributed by atoms with Crippen molar-refractivity contribution in [1.29, 1.82) is 0 Å². The van der Waals surface area contributed by atoms with Crippen LogP contribution in [0.25, 0.3) is 0 Å². The summed E-state index contributed by atoms with van der Waals surface area (Å²) >= 11 is 0. The number of hydrogen-bond donors (Lipinski definition) is 1. The standard InChI is InChI=1S/C15H34N2O3Si/c1-6-12-17(13-7-2)15(18)16-11-10-14-21(5,19-8-3)20-9-4/h6-14H2,1-5H3,(H,16,18). The quantitative estimate of drug-likeness (QED) is 0.443. The van der Waals surface area contributed by atoms with Crippen molar-refractivity contribution < 1.29 is 13.6 Å². The van der Waals surface area contributed by atoms with Crippen LogP contribution in [0.3, 0.4) is 0 Å². The van der Waals surface area contributed by atoms with E-state index in [1.54, 1.807) is 0 Å². The summed E-state index contributed by atoms with van der Waals surface area (Å²) in [6, 6.07) is 0.964. The highest BCUT2D eigenvalue weighted by Gasteiger charge is 2.29. The molecule has 0 saturated heterocycles. The molecule has 0 atom stereocenters. The van der Waals surface area contributed by atoms with E-state index in [9.17, 15) is 4.79 Å². The third-order valence-corrected chi connectivity index (χ3v) is 6.32. The number of hydrogen-bond acceptors (Lipinski definition) is 3. The summed E-state index contributed by atoms with van der Waals surface area (Å²) in [5.41, 5.74) is 0. The van der Waals surface area contributed by atoms with Gasteiger partial charge in [0.2, 0.25) is 0 Å². The zero-order valence-electron chi connectivity index (χ0n) is 14.5. The van der Waals surface area contributed by atoms with E-state index < -0.39 is 8.56 Å². The van der Waals surface area contributed by atoms with Crippen molar-refractivity contribution >= 4 is 14.6 Å². The molecule has 0 unspecified atom stereocenters. The van der Waals surface area contributed by atoms with Gasteiger partial charge in [-0.25, -0.2) is 4.79 Å². The second-order valence-electron chi connectivity index (χ2n) is 5.32. The first-order valence-corrected chi connectivity index (χ1v) is 10.9. The number of nitrogens with one attached hydrogen (secondary N) is 1. The lowest BCUT2D eigenvalue weighted by molar-refractivity contribution is 0.186. The smallest absolute Gasteiger partial charge is 0.334 e. The normalized spacial score (nSPS) is 11.5. The second-order valence-corrected chi connectivity index (χ2v) is 8.67. The van der Waals surface area contributed by atoms with E-state index in [4.69, 9.17) is 8.85 Å². The average molecular weight is 319 g/mol. The molecule has 0 fully saturated rings. The number of urea groups is 1. The largest absolute Gasteiger partial charge is 0.395 e. The summed E-state index contributed by atoms with van der Waals surface area (Å²) in [5, 5.41) is 3.01. The van der Waals surface area contributed by atoms with Crippen molar-refractivity contribution in [1.82, 2.24) is 10.2 Å². The van der Waals surface area contributed by atoms with E-state index in [-0.39, 0.29) is 6.03 Å². The van der Waals surface area contributed by atoms with E-state index in [1.165, 1.54) is 0 Å². The molecule has 0 bridgehead atoms. The molecule has 0 radical (unpaired) electrons. The fourth-order valence-corrected chi connectivity index (χ4v) is 4.78. The Morgan fingerprint density at radius 3 is 2.00 bits per heavy atom. The van der Waals surface area contributed by atoms with Crippen LogP contribution in [0.15, 0.2) is 0 Å². The molecule has 2 amide bonds. The monoisotopic (exact) mass is 318 g/mol. The van der Waals surface area contributed by atoms with Crippen LogP contribution < -0.4 is 5.32 Å². The highest BCUT2D eigenvalue weighted by molar-refractivity contribution is 6.66. The van der Waals surface area contributed by atoms with Crippen LogP contribution in [0.1, 0.15) is 47.0 Å². The summed E-state index contributed by atoms with van der Waals surface area (Å²) in [6.45, 7) is 14.0. The molecule has 126 valence electrons. The Balaban J connectivity index is 4.07. The first-order chi connectivity index (χ1) is 10.0. The van der Waals surface area contributed by atoms with Gasteiger partial charge in [-0.2, -0.15) is 0 Å². The van der Waals surface area contributed by atoms with Gasteiger partial charge in [-0.1, -0.05) is 13.8 Å². The predicted molar refractivity (Wildman–Crippen MR) is 89.8 cm³/mol. The maximum absolute atomic E-state index is 12.1. The molecule has 0 aromatic rings. The summed E-state index contributed by atoms with van der Waals surface area (Å²) in [7, 11) is -2.04. The fourth-order valence-electron chi connectivity index (χ4n) is 2.37. The summed E-state index contributed by atoms with van der Waals surface area (Å²) in [4.78, 5) is 14.0. The van der Waals surface area contributed by atoms with Crippen LogP contribution in [-0.4, -0.2) is 52.3 Å². The third kappa shape index (κ3) is 9.11. The molecule has 5 nitrogen and oxygen atoms in total. The van der Waals surface area contributed by atoms with Crippen molar-refractivity contribution in [2.45, 2.75) is 59.5 Å². The number of rotatable bonds is 12. The van der Waals surface area contributed by atoms with Gasteiger partial charge >= 0.3 is 14.6 Å². The molecule has 0 rings (SSSR count). The molecule has 0 heterocycles. The van der Waals surface area contributed by atoms with Crippen molar-refractivity contribution in [3.8, 4) is 0 Å². The number of carbonyl (C=O) groups excluding carboxylic acids is 1. The van der Waals surface area contributed by atoms with E-state index in [1.807, 2.05) is 18.7 Å². The SMILES string of the molecule is CCCN(CCC)C(=O)NCCC[Si](C)(OCC)OCC. The van der Waals surface area contributed by atoms with Gasteiger partial charge < -0.3 is 19.1 Å². The van der Waals surface area contributed by atoms with E-state index in [0.29, 0.717) is 19.8 Å². The molecule has 0 saturated carbocycles. The molecule has 6 heteroatoms. The fraction of sp³-hybridized carbons (Fsp3) is 0.933. The lowest BCUT2D eigenvalue weighted by Gasteiger charge is -2.26. The molecule has 0 aliphatic rings. The highest BCUT2D eigenvalue weighted by atomic mass is 28.4. The van der Waals surface area contributed by atoms with Crippen LogP contribution in [0.5, 0.6) is 0 Å². The van der Waals surface area contributed by atoms with Crippen molar-refractivity contribution in [3.05, 3.63) is 0 Å². The molecular weight excluding hydrogens is 284 g/mol. The Morgan fingerprint density at radius 1 is 1.05 bits per heavy atom. The number of amides is 2. The van der Waals surface area contributed by atoms with Gasteiger partial charge in [0.15, 0.2) is 0 Å². The average Bonchev–Trinajstić information content (AvgIpc) is 2.44. The molecule has 0 aliphatic heterocycles. The Morgan fingerprint density at radius 2 is 1.57 bits per heavy atom. The van der Waals surface area contributed by atoms with Crippen molar-refractivity contribution in [3.63, 3.8) is 0 Å². The van der Waals surface area contributed by atoms with Crippen LogP contribution in [-0.2, 0) is 8.85 Å². The van der Waals surface area contributed by atoms with Gasteiger partial charge in [0, 0.05) is 32.8 Å². The van der Waals surface area contributed by atoms with Crippen LogP contribution in [0, 0.1) is 0 Å². The Hall–Kier alpha value is -0.593. The molecular formula is C15H34N2O3Si. The van der Waals surface area contributed by atoms with Gasteiger partial charge in [-0.05, 0) is 45.7 Å². The molecule has 0 aliphatic carbocycles. The van der Waals surface area contributed by atoms with Crippen LogP contribution >= 0.6 is 0 Å². The van der Waals surface area contributed by atoms with Gasteiger partial charge in [-0.15, -0.1) is 0 Å². The Labute approximate surface area is 131 Å². The summed E-state index contributed by atoms with van der Waals surface area (Å²) < 4.78 is 11.6. The van der Waals surface area contributed by atoms with Gasteiger partial charge in [0.05, 0.1) is 0 Å². The van der Waals surface area contributed by atoms with E-state index in [0.717, 1.165) is 38.4 Å². The second kappa shape index (κ2) is 12.0. The van der Waals surface area contributed by atoms with Crippen LogP contribution in [0.2, 0.25) is 12.6 Å². The predicted octanol–water partition coefficient (Wildman–Crippen LogP) is 3.35. The van der Waals surface area contributed by atoms with E-state index >= 15 is 0 Å². The zero-order chi connectivity index (χ0) is 16.1. The van der Waals surface area contributed by atoms with Gasteiger partial charge in [0.1, 0.15) is 0 Å². The zero-order valence-corrected chi connectivity index (χ0v) is 15.5. The van der Waals surface area contributed by atoms with Crippen molar-refractivity contribution in [2.24, 2.45) is 0 Å². The Bertz CT molecular complexity index is 266. The summed E-state index contributed by atoms with van der Waals surface area (Å²) in [5.74, 6) is 0.